The van der Waals surface area contributed by atoms with E-state index in [9.17, 15) is 14.9 Å². The van der Waals surface area contributed by atoms with Crippen molar-refractivity contribution in [2.24, 2.45) is 0 Å². The molecular weight excluding hydrogens is 470 g/mol. The second kappa shape index (κ2) is 9.43. The van der Waals surface area contributed by atoms with Crippen LogP contribution in [0.4, 0.5) is 5.69 Å². The summed E-state index contributed by atoms with van der Waals surface area (Å²) in [6.45, 7) is 3.92. The molecule has 11 nitrogen and oxygen atoms in total. The van der Waals surface area contributed by atoms with Crippen molar-refractivity contribution in [3.05, 3.63) is 87.7 Å². The molecule has 1 aromatic heterocycles. The topological polar surface area (TPSA) is 124 Å². The van der Waals surface area contributed by atoms with Crippen molar-refractivity contribution in [1.29, 1.82) is 0 Å². The van der Waals surface area contributed by atoms with Crippen LogP contribution in [0.2, 0.25) is 0 Å². The standard InChI is InChI=1S/C25H25N3O8/c1-25(2)35-22-21(33-14-15-7-5-4-6-8-15)20(34-24(22)36-25)18-13-19(23(29)32-3)27(26-18)16-9-11-17(12-10-16)28(30)31/h4-13,20-22,24H,14H2,1-3H3. The second-order valence-corrected chi connectivity index (χ2v) is 8.92. The highest BCUT2D eigenvalue weighted by Crippen LogP contribution is 2.45. The highest BCUT2D eigenvalue weighted by molar-refractivity contribution is 5.88. The lowest BCUT2D eigenvalue weighted by Crippen LogP contribution is -2.33. The first-order valence-electron chi connectivity index (χ1n) is 11.4. The van der Waals surface area contributed by atoms with E-state index in [2.05, 4.69) is 5.10 Å². The molecule has 0 bridgehead atoms. The van der Waals surface area contributed by atoms with E-state index < -0.39 is 41.3 Å². The van der Waals surface area contributed by atoms with E-state index >= 15 is 0 Å². The van der Waals surface area contributed by atoms with Crippen molar-refractivity contribution >= 4 is 11.7 Å². The van der Waals surface area contributed by atoms with E-state index in [4.69, 9.17) is 23.7 Å². The zero-order chi connectivity index (χ0) is 25.4. The minimum atomic E-state index is -0.843. The maximum absolute atomic E-state index is 12.6. The van der Waals surface area contributed by atoms with E-state index in [1.165, 1.54) is 36.1 Å². The number of hydrogen-bond acceptors (Lipinski definition) is 9. The molecule has 3 aromatic rings. The maximum Gasteiger partial charge on any atom is 0.356 e. The van der Waals surface area contributed by atoms with Crippen molar-refractivity contribution in [3.63, 3.8) is 0 Å². The molecule has 11 heteroatoms. The van der Waals surface area contributed by atoms with Gasteiger partial charge < -0.3 is 23.7 Å². The van der Waals surface area contributed by atoms with Crippen LogP contribution in [-0.2, 0) is 30.3 Å². The van der Waals surface area contributed by atoms with Gasteiger partial charge in [-0.3, -0.25) is 10.1 Å². The van der Waals surface area contributed by atoms with Gasteiger partial charge in [0.15, 0.2) is 17.8 Å². The molecule has 4 unspecified atom stereocenters. The average Bonchev–Trinajstić information content (AvgIpc) is 3.53. The minimum Gasteiger partial charge on any atom is -0.464 e. The number of esters is 1. The van der Waals surface area contributed by atoms with Gasteiger partial charge >= 0.3 is 5.97 Å². The number of aromatic nitrogens is 2. The molecule has 2 aliphatic heterocycles. The van der Waals surface area contributed by atoms with E-state index in [0.29, 0.717) is 18.0 Å². The molecule has 0 N–H and O–H groups in total. The van der Waals surface area contributed by atoms with Gasteiger partial charge in [-0.1, -0.05) is 30.3 Å². The Balaban J connectivity index is 1.49. The van der Waals surface area contributed by atoms with Crippen molar-refractivity contribution in [2.45, 2.75) is 50.8 Å². The number of carbonyl (C=O) groups is 1. The van der Waals surface area contributed by atoms with Crippen LogP contribution in [0.25, 0.3) is 5.69 Å². The Bertz CT molecular complexity index is 1260. The molecule has 5 rings (SSSR count). The molecule has 2 aromatic carbocycles. The van der Waals surface area contributed by atoms with Gasteiger partial charge in [0.1, 0.15) is 18.3 Å². The smallest absolute Gasteiger partial charge is 0.356 e. The van der Waals surface area contributed by atoms with Crippen molar-refractivity contribution in [1.82, 2.24) is 9.78 Å². The summed E-state index contributed by atoms with van der Waals surface area (Å²) < 4.78 is 30.8. The first-order chi connectivity index (χ1) is 17.3. The molecule has 0 saturated carbocycles. The van der Waals surface area contributed by atoms with Crippen molar-refractivity contribution in [2.75, 3.05) is 7.11 Å². The van der Waals surface area contributed by atoms with E-state index in [0.717, 1.165) is 5.56 Å². The van der Waals surface area contributed by atoms with Gasteiger partial charge in [-0.2, -0.15) is 5.10 Å². The van der Waals surface area contributed by atoms with Crippen LogP contribution in [0.5, 0.6) is 0 Å². The van der Waals surface area contributed by atoms with Crippen LogP contribution in [0.1, 0.15) is 41.7 Å². The molecule has 4 atom stereocenters. The number of non-ortho nitro benzene ring substituents is 1. The van der Waals surface area contributed by atoms with Gasteiger partial charge in [0, 0.05) is 12.1 Å². The fourth-order valence-corrected chi connectivity index (χ4v) is 4.37. The Morgan fingerprint density at radius 2 is 1.86 bits per heavy atom. The Hall–Kier alpha value is -3.64. The van der Waals surface area contributed by atoms with Gasteiger partial charge in [-0.15, -0.1) is 0 Å². The molecule has 0 radical (unpaired) electrons. The SMILES string of the molecule is COC(=O)c1cc(C2OC3OC(C)(C)OC3C2OCc2ccccc2)nn1-c1ccc([N+](=O)[O-])cc1. The summed E-state index contributed by atoms with van der Waals surface area (Å²) in [5, 5.41) is 15.6. The number of carbonyl (C=O) groups excluding carboxylic acids is 1. The molecule has 3 heterocycles. The molecule has 0 spiro atoms. The molecule has 2 saturated heterocycles. The van der Waals surface area contributed by atoms with E-state index in [1.807, 2.05) is 30.3 Å². The largest absolute Gasteiger partial charge is 0.464 e. The Kier molecular flexibility index (Phi) is 6.31. The van der Waals surface area contributed by atoms with E-state index in [1.54, 1.807) is 19.9 Å². The number of methoxy groups -OCH3 is 1. The van der Waals surface area contributed by atoms with Gasteiger partial charge in [-0.05, 0) is 37.6 Å². The van der Waals surface area contributed by atoms with Crippen LogP contribution < -0.4 is 0 Å². The van der Waals surface area contributed by atoms with Crippen LogP contribution in [0, 0.1) is 10.1 Å². The fraction of sp³-hybridized carbons (Fsp3) is 0.360. The highest BCUT2D eigenvalue weighted by atomic mass is 16.8. The molecule has 2 aliphatic rings. The molecular formula is C25H25N3O8. The summed E-state index contributed by atoms with van der Waals surface area (Å²) in [5.41, 5.74) is 1.88. The summed E-state index contributed by atoms with van der Waals surface area (Å²) >= 11 is 0. The summed E-state index contributed by atoms with van der Waals surface area (Å²) in [4.78, 5) is 23.1. The van der Waals surface area contributed by atoms with Crippen LogP contribution in [0.15, 0.2) is 60.7 Å². The van der Waals surface area contributed by atoms with Gasteiger partial charge in [0.05, 0.1) is 30.0 Å². The third-order valence-electron chi connectivity index (χ3n) is 6.00. The quantitative estimate of drug-likeness (QED) is 0.274. The van der Waals surface area contributed by atoms with Crippen LogP contribution in [0.3, 0.4) is 0 Å². The third-order valence-corrected chi connectivity index (χ3v) is 6.00. The second-order valence-electron chi connectivity index (χ2n) is 8.92. The summed E-state index contributed by atoms with van der Waals surface area (Å²) in [7, 11) is 1.27. The number of ether oxygens (including phenoxy) is 5. The highest BCUT2D eigenvalue weighted by Gasteiger charge is 2.56. The lowest BCUT2D eigenvalue weighted by Gasteiger charge is -2.25. The summed E-state index contributed by atoms with van der Waals surface area (Å²) in [5.74, 6) is -1.47. The minimum absolute atomic E-state index is 0.0796. The normalized spacial score (nSPS) is 24.4. The number of hydrogen-bond donors (Lipinski definition) is 0. The molecule has 188 valence electrons. The first kappa shape index (κ1) is 24.1. The Morgan fingerprint density at radius 3 is 2.53 bits per heavy atom. The number of benzene rings is 2. The van der Waals surface area contributed by atoms with Gasteiger partial charge in [0.2, 0.25) is 0 Å². The van der Waals surface area contributed by atoms with Crippen molar-refractivity contribution in [3.8, 4) is 5.69 Å². The molecule has 0 aliphatic carbocycles. The number of rotatable bonds is 7. The maximum atomic E-state index is 12.6. The fourth-order valence-electron chi connectivity index (χ4n) is 4.37. The molecule has 2 fully saturated rings. The lowest BCUT2D eigenvalue weighted by atomic mass is 10.1. The average molecular weight is 495 g/mol. The Labute approximate surface area is 206 Å². The first-order valence-corrected chi connectivity index (χ1v) is 11.4. The van der Waals surface area contributed by atoms with Crippen LogP contribution in [-0.4, -0.2) is 52.1 Å². The predicted molar refractivity (Wildman–Crippen MR) is 124 cm³/mol. The lowest BCUT2D eigenvalue weighted by molar-refractivity contribution is -0.384. The zero-order valence-corrected chi connectivity index (χ0v) is 19.9. The number of fused-ring (bicyclic) bond motifs is 1. The summed E-state index contributed by atoms with van der Waals surface area (Å²) in [6, 6.07) is 16.9. The van der Waals surface area contributed by atoms with Crippen LogP contribution >= 0.6 is 0 Å². The number of nitrogens with zero attached hydrogens (tertiary/aromatic N) is 3. The Morgan fingerprint density at radius 1 is 1.14 bits per heavy atom. The molecule has 36 heavy (non-hydrogen) atoms. The third kappa shape index (κ3) is 4.61. The summed E-state index contributed by atoms with van der Waals surface area (Å²) in [6.07, 6.45) is -2.48. The van der Waals surface area contributed by atoms with Gasteiger partial charge in [0.25, 0.3) is 5.69 Å². The molecule has 0 amide bonds. The number of nitro benzene ring substituents is 1. The predicted octanol–water partition coefficient (Wildman–Crippen LogP) is 3.70. The van der Waals surface area contributed by atoms with Gasteiger partial charge in [-0.25, -0.2) is 9.48 Å². The monoisotopic (exact) mass is 495 g/mol. The zero-order valence-electron chi connectivity index (χ0n) is 19.9. The van der Waals surface area contributed by atoms with Crippen molar-refractivity contribution < 1.29 is 33.4 Å². The van der Waals surface area contributed by atoms with E-state index in [-0.39, 0.29) is 11.4 Å². The number of nitro groups is 1.